The van der Waals surface area contributed by atoms with E-state index in [-0.39, 0.29) is 18.2 Å². The van der Waals surface area contributed by atoms with Crippen LogP contribution in [-0.4, -0.2) is 35.8 Å². The average Bonchev–Trinajstić information content (AvgIpc) is 2.71. The van der Waals surface area contributed by atoms with Crippen molar-refractivity contribution in [3.05, 3.63) is 54.2 Å². The molecule has 3 rings (SSSR count). The van der Waals surface area contributed by atoms with E-state index in [1.807, 2.05) is 0 Å². The number of hydrogen-bond acceptors (Lipinski definition) is 7. The summed E-state index contributed by atoms with van der Waals surface area (Å²) in [5, 5.41) is 10.6. The number of benzene rings is 2. The van der Waals surface area contributed by atoms with Gasteiger partial charge in [-0.1, -0.05) is 18.2 Å². The molecule has 0 aliphatic rings. The van der Waals surface area contributed by atoms with E-state index in [9.17, 15) is 13.2 Å². The molecule has 0 fully saturated rings. The Kier molecular flexibility index (Phi) is 6.01. The molecule has 0 unspecified atom stereocenters. The minimum absolute atomic E-state index is 0.0110. The number of aromatic nitrogens is 3. The Balaban J connectivity index is 1.80. The molecule has 0 saturated heterocycles. The summed E-state index contributed by atoms with van der Waals surface area (Å²) in [5.41, 5.74) is 1.43. The number of anilines is 1. The van der Waals surface area contributed by atoms with E-state index >= 15 is 0 Å². The highest BCUT2D eigenvalue weighted by Crippen LogP contribution is 2.32. The van der Waals surface area contributed by atoms with Gasteiger partial charge in [-0.05, 0) is 18.2 Å². The molecule has 0 amide bonds. The summed E-state index contributed by atoms with van der Waals surface area (Å²) in [4.78, 5) is 4.36. The standard InChI is InChI=1S/C19H17F3N4O3/c1-27-13-7-8-14(17(9-13)28-2)15-11-24-26-18(25-15)23-10-12-5-3-4-6-16(12)29-19(20,21)22/h3-9,11H,10H2,1-2H3,(H,23,25,26). The van der Waals surface area contributed by atoms with Gasteiger partial charge in [0.2, 0.25) is 5.95 Å². The molecule has 10 heteroatoms. The smallest absolute Gasteiger partial charge is 0.497 e. The molecule has 2 aromatic carbocycles. The molecular weight excluding hydrogens is 389 g/mol. The second-order valence-corrected chi connectivity index (χ2v) is 5.74. The van der Waals surface area contributed by atoms with E-state index in [0.717, 1.165) is 0 Å². The molecule has 1 heterocycles. The summed E-state index contributed by atoms with van der Waals surface area (Å²) < 4.78 is 52.2. The molecule has 3 aromatic rings. The first-order valence-electron chi connectivity index (χ1n) is 8.39. The van der Waals surface area contributed by atoms with Crippen LogP contribution in [0.2, 0.25) is 0 Å². The normalized spacial score (nSPS) is 11.1. The van der Waals surface area contributed by atoms with Gasteiger partial charge in [0.15, 0.2) is 0 Å². The number of alkyl halides is 3. The highest BCUT2D eigenvalue weighted by molar-refractivity contribution is 5.68. The van der Waals surface area contributed by atoms with Gasteiger partial charge in [0.1, 0.15) is 17.2 Å². The fourth-order valence-corrected chi connectivity index (χ4v) is 2.57. The van der Waals surface area contributed by atoms with Crippen molar-refractivity contribution in [1.82, 2.24) is 15.2 Å². The predicted octanol–water partition coefficient (Wildman–Crippen LogP) is 4.07. The van der Waals surface area contributed by atoms with Gasteiger partial charge in [0.25, 0.3) is 0 Å². The zero-order valence-corrected chi connectivity index (χ0v) is 15.5. The Morgan fingerprint density at radius 1 is 1.00 bits per heavy atom. The second kappa shape index (κ2) is 8.63. The fraction of sp³-hybridized carbons (Fsp3) is 0.211. The maximum atomic E-state index is 12.6. The van der Waals surface area contributed by atoms with Crippen molar-refractivity contribution in [2.75, 3.05) is 19.5 Å². The lowest BCUT2D eigenvalue weighted by Gasteiger charge is -2.14. The zero-order chi connectivity index (χ0) is 20.9. The SMILES string of the molecule is COc1ccc(-c2cnnc(NCc3ccccc3OC(F)(F)F)n2)c(OC)c1. The van der Waals surface area contributed by atoms with Gasteiger partial charge in [-0.2, -0.15) is 5.10 Å². The van der Waals surface area contributed by atoms with Crippen molar-refractivity contribution < 1.29 is 27.4 Å². The Labute approximate surface area is 164 Å². The quantitative estimate of drug-likeness (QED) is 0.634. The number of rotatable bonds is 7. The largest absolute Gasteiger partial charge is 0.573 e. The van der Waals surface area contributed by atoms with Crippen LogP contribution in [0.25, 0.3) is 11.3 Å². The van der Waals surface area contributed by atoms with E-state index in [1.165, 1.54) is 31.5 Å². The number of para-hydroxylation sites is 1. The maximum absolute atomic E-state index is 12.6. The molecule has 0 aliphatic heterocycles. The van der Waals surface area contributed by atoms with Crippen LogP contribution in [0.4, 0.5) is 19.1 Å². The number of methoxy groups -OCH3 is 2. The average molecular weight is 406 g/mol. The highest BCUT2D eigenvalue weighted by atomic mass is 19.4. The monoisotopic (exact) mass is 406 g/mol. The van der Waals surface area contributed by atoms with Gasteiger partial charge < -0.3 is 19.5 Å². The molecule has 1 aromatic heterocycles. The summed E-state index contributed by atoms with van der Waals surface area (Å²) in [6.07, 6.45) is -3.32. The van der Waals surface area contributed by atoms with Gasteiger partial charge in [-0.3, -0.25) is 0 Å². The molecule has 1 N–H and O–H groups in total. The van der Waals surface area contributed by atoms with Crippen LogP contribution in [0.1, 0.15) is 5.56 Å². The summed E-state index contributed by atoms with van der Waals surface area (Å²) in [7, 11) is 3.06. The first-order valence-corrected chi connectivity index (χ1v) is 8.39. The Bertz CT molecular complexity index is 983. The van der Waals surface area contributed by atoms with Crippen LogP contribution in [0.5, 0.6) is 17.2 Å². The molecule has 0 radical (unpaired) electrons. The second-order valence-electron chi connectivity index (χ2n) is 5.74. The molecule has 152 valence electrons. The minimum Gasteiger partial charge on any atom is -0.497 e. The number of ether oxygens (including phenoxy) is 3. The summed E-state index contributed by atoms with van der Waals surface area (Å²) >= 11 is 0. The molecule has 0 atom stereocenters. The molecular formula is C19H17F3N4O3. The lowest BCUT2D eigenvalue weighted by Crippen LogP contribution is -2.18. The van der Waals surface area contributed by atoms with Crippen molar-refractivity contribution in [2.45, 2.75) is 12.9 Å². The van der Waals surface area contributed by atoms with E-state index in [0.29, 0.717) is 28.3 Å². The van der Waals surface area contributed by atoms with E-state index in [1.54, 1.807) is 31.4 Å². The topological polar surface area (TPSA) is 78.4 Å². The molecule has 29 heavy (non-hydrogen) atoms. The van der Waals surface area contributed by atoms with Gasteiger partial charge in [-0.15, -0.1) is 18.3 Å². The van der Waals surface area contributed by atoms with Crippen LogP contribution >= 0.6 is 0 Å². The summed E-state index contributed by atoms with van der Waals surface area (Å²) in [6, 6.07) is 11.0. The van der Waals surface area contributed by atoms with Crippen LogP contribution in [0, 0.1) is 0 Å². The lowest BCUT2D eigenvalue weighted by atomic mass is 10.1. The van der Waals surface area contributed by atoms with E-state index < -0.39 is 6.36 Å². The van der Waals surface area contributed by atoms with Gasteiger partial charge in [-0.25, -0.2) is 4.98 Å². The molecule has 0 aliphatic carbocycles. The van der Waals surface area contributed by atoms with Crippen LogP contribution in [0.15, 0.2) is 48.7 Å². The predicted molar refractivity (Wildman–Crippen MR) is 98.8 cm³/mol. The van der Waals surface area contributed by atoms with Crippen molar-refractivity contribution in [3.8, 4) is 28.5 Å². The zero-order valence-electron chi connectivity index (χ0n) is 15.5. The van der Waals surface area contributed by atoms with E-state index in [4.69, 9.17) is 9.47 Å². The van der Waals surface area contributed by atoms with Gasteiger partial charge in [0.05, 0.1) is 26.1 Å². The van der Waals surface area contributed by atoms with Crippen molar-refractivity contribution in [3.63, 3.8) is 0 Å². The molecule has 0 spiro atoms. The highest BCUT2D eigenvalue weighted by Gasteiger charge is 2.31. The van der Waals surface area contributed by atoms with Gasteiger partial charge >= 0.3 is 6.36 Å². The number of nitrogens with one attached hydrogen (secondary N) is 1. The molecule has 0 bridgehead atoms. The fourth-order valence-electron chi connectivity index (χ4n) is 2.57. The van der Waals surface area contributed by atoms with Crippen LogP contribution < -0.4 is 19.5 Å². The Hall–Kier alpha value is -3.56. The Morgan fingerprint density at radius 3 is 2.52 bits per heavy atom. The minimum atomic E-state index is -4.78. The first kappa shape index (κ1) is 20.2. The maximum Gasteiger partial charge on any atom is 0.573 e. The van der Waals surface area contributed by atoms with Crippen molar-refractivity contribution in [1.29, 1.82) is 0 Å². The van der Waals surface area contributed by atoms with Crippen LogP contribution in [-0.2, 0) is 6.54 Å². The number of nitrogens with zero attached hydrogens (tertiary/aromatic N) is 3. The van der Waals surface area contributed by atoms with Crippen LogP contribution in [0.3, 0.4) is 0 Å². The van der Waals surface area contributed by atoms with Crippen molar-refractivity contribution >= 4 is 5.95 Å². The third-order valence-electron chi connectivity index (χ3n) is 3.88. The Morgan fingerprint density at radius 2 is 1.79 bits per heavy atom. The molecule has 0 saturated carbocycles. The van der Waals surface area contributed by atoms with Gasteiger partial charge in [0, 0.05) is 23.7 Å². The number of hydrogen-bond donors (Lipinski definition) is 1. The number of halogens is 3. The van der Waals surface area contributed by atoms with Crippen molar-refractivity contribution in [2.24, 2.45) is 0 Å². The molecule has 7 nitrogen and oxygen atoms in total. The summed E-state index contributed by atoms with van der Waals surface area (Å²) in [6.45, 7) is 0.0110. The lowest BCUT2D eigenvalue weighted by molar-refractivity contribution is -0.274. The summed E-state index contributed by atoms with van der Waals surface area (Å²) in [5.74, 6) is 0.988. The van der Waals surface area contributed by atoms with E-state index in [2.05, 4.69) is 25.2 Å². The first-order chi connectivity index (χ1) is 13.9. The third kappa shape index (κ3) is 5.24. The third-order valence-corrected chi connectivity index (χ3v) is 3.88.